The molecule has 1 aromatic rings. The molecule has 1 aromatic carbocycles. The number of rotatable bonds is 1. The first-order valence-corrected chi connectivity index (χ1v) is 7.27. The Labute approximate surface area is 97.6 Å². The van der Waals surface area contributed by atoms with E-state index in [9.17, 15) is 4.57 Å². The molecule has 0 N–H and O–H groups in total. The van der Waals surface area contributed by atoms with E-state index in [0.717, 1.165) is 5.56 Å². The summed E-state index contributed by atoms with van der Waals surface area (Å²) in [6, 6.07) is 7.22. The minimum atomic E-state index is -3.39. The van der Waals surface area contributed by atoms with E-state index in [-0.39, 0.29) is 6.10 Å². The maximum Gasteiger partial charge on any atom is 0.424 e. The van der Waals surface area contributed by atoms with Gasteiger partial charge in [-0.3, -0.25) is 9.05 Å². The van der Waals surface area contributed by atoms with Crippen LogP contribution in [0.2, 0.25) is 5.02 Å². The molecular formula is C9H9Cl2O3P. The summed E-state index contributed by atoms with van der Waals surface area (Å²) in [4.78, 5) is 0. The highest BCUT2D eigenvalue weighted by atomic mass is 35.7. The van der Waals surface area contributed by atoms with E-state index >= 15 is 0 Å². The minimum Gasteiger partial charge on any atom is -0.297 e. The fourth-order valence-corrected chi connectivity index (χ4v) is 3.05. The number of hydrogen-bond acceptors (Lipinski definition) is 3. The van der Waals surface area contributed by atoms with Crippen LogP contribution < -0.4 is 0 Å². The maximum absolute atomic E-state index is 11.4. The highest BCUT2D eigenvalue weighted by Crippen LogP contribution is 2.60. The standard InChI is InChI=1S/C9H9Cl2O3P/c10-8-3-1-2-7(6-8)9-4-5-13-15(11,12)14-9/h1-3,6,9H,4-5H2/t9-,15-/m0/s1. The van der Waals surface area contributed by atoms with Gasteiger partial charge < -0.3 is 0 Å². The van der Waals surface area contributed by atoms with Gasteiger partial charge in [-0.2, -0.15) is 0 Å². The second kappa shape index (κ2) is 4.44. The van der Waals surface area contributed by atoms with Crippen LogP contribution in [0, 0.1) is 0 Å². The molecule has 1 heterocycles. The van der Waals surface area contributed by atoms with Crippen LogP contribution in [-0.2, 0) is 13.6 Å². The zero-order chi connectivity index (χ0) is 10.9. The molecule has 1 fully saturated rings. The predicted octanol–water partition coefficient (Wildman–Crippen LogP) is 4.16. The Hall–Kier alpha value is -0.0500. The van der Waals surface area contributed by atoms with E-state index < -0.39 is 6.95 Å². The van der Waals surface area contributed by atoms with Crippen LogP contribution >= 0.6 is 29.8 Å². The molecule has 0 aromatic heterocycles. The normalized spacial score (nSPS) is 31.5. The summed E-state index contributed by atoms with van der Waals surface area (Å²) in [5.74, 6) is 0. The first-order chi connectivity index (χ1) is 7.07. The molecule has 0 saturated carbocycles. The zero-order valence-corrected chi connectivity index (χ0v) is 10.1. The van der Waals surface area contributed by atoms with Crippen LogP contribution in [0.25, 0.3) is 0 Å². The number of halogens is 2. The van der Waals surface area contributed by atoms with Crippen molar-refractivity contribution >= 4 is 29.8 Å². The second-order valence-corrected chi connectivity index (χ2v) is 6.21. The molecule has 6 heteroatoms. The van der Waals surface area contributed by atoms with Gasteiger partial charge in [0.15, 0.2) is 0 Å². The largest absolute Gasteiger partial charge is 0.424 e. The lowest BCUT2D eigenvalue weighted by Crippen LogP contribution is -2.11. The lowest BCUT2D eigenvalue weighted by Gasteiger charge is -2.26. The third kappa shape index (κ3) is 2.96. The van der Waals surface area contributed by atoms with Crippen molar-refractivity contribution in [3.63, 3.8) is 0 Å². The van der Waals surface area contributed by atoms with Crippen molar-refractivity contribution < 1.29 is 13.6 Å². The maximum atomic E-state index is 11.4. The summed E-state index contributed by atoms with van der Waals surface area (Å²) in [5.41, 5.74) is 0.867. The molecule has 2 rings (SSSR count). The minimum absolute atomic E-state index is 0.305. The Balaban J connectivity index is 2.21. The van der Waals surface area contributed by atoms with E-state index in [2.05, 4.69) is 0 Å². The van der Waals surface area contributed by atoms with Crippen molar-refractivity contribution in [3.8, 4) is 0 Å². The van der Waals surface area contributed by atoms with Gasteiger partial charge in [0.1, 0.15) is 0 Å². The van der Waals surface area contributed by atoms with Crippen molar-refractivity contribution in [2.45, 2.75) is 12.5 Å². The van der Waals surface area contributed by atoms with Gasteiger partial charge in [-0.1, -0.05) is 23.7 Å². The molecule has 0 unspecified atom stereocenters. The van der Waals surface area contributed by atoms with Crippen LogP contribution in [-0.4, -0.2) is 6.61 Å². The summed E-state index contributed by atoms with van der Waals surface area (Å²) in [6.45, 7) is -3.06. The van der Waals surface area contributed by atoms with Gasteiger partial charge in [0, 0.05) is 22.7 Å². The van der Waals surface area contributed by atoms with Crippen molar-refractivity contribution in [2.75, 3.05) is 6.61 Å². The average Bonchev–Trinajstić information content (AvgIpc) is 2.16. The van der Waals surface area contributed by atoms with Crippen LogP contribution in [0.3, 0.4) is 0 Å². The molecule has 0 aliphatic carbocycles. The Bertz CT molecular complexity index is 410. The van der Waals surface area contributed by atoms with Crippen molar-refractivity contribution in [1.29, 1.82) is 0 Å². The van der Waals surface area contributed by atoms with Gasteiger partial charge in [0.25, 0.3) is 0 Å². The van der Waals surface area contributed by atoms with Gasteiger partial charge >= 0.3 is 6.95 Å². The summed E-state index contributed by atoms with van der Waals surface area (Å²) in [5, 5.41) is 0.618. The van der Waals surface area contributed by atoms with Crippen molar-refractivity contribution in [3.05, 3.63) is 34.9 Å². The molecule has 0 spiro atoms. The fourth-order valence-electron chi connectivity index (χ4n) is 1.44. The SMILES string of the molecule is O=[P@@]1(Cl)OCC[C@@H](c2cccc(Cl)c2)O1. The molecule has 0 amide bonds. The molecular weight excluding hydrogens is 258 g/mol. The van der Waals surface area contributed by atoms with Crippen molar-refractivity contribution in [2.24, 2.45) is 0 Å². The molecule has 3 nitrogen and oxygen atoms in total. The van der Waals surface area contributed by atoms with Gasteiger partial charge in [0.2, 0.25) is 0 Å². The average molecular weight is 267 g/mol. The molecule has 1 aliphatic heterocycles. The smallest absolute Gasteiger partial charge is 0.297 e. The third-order valence-corrected chi connectivity index (χ3v) is 3.86. The number of benzene rings is 1. The van der Waals surface area contributed by atoms with Crippen LogP contribution in [0.4, 0.5) is 0 Å². The first-order valence-electron chi connectivity index (χ1n) is 4.45. The van der Waals surface area contributed by atoms with E-state index in [0.29, 0.717) is 18.1 Å². The number of hydrogen-bond donors (Lipinski definition) is 0. The molecule has 15 heavy (non-hydrogen) atoms. The van der Waals surface area contributed by atoms with Gasteiger partial charge in [-0.25, -0.2) is 4.57 Å². The second-order valence-electron chi connectivity index (χ2n) is 3.20. The Morgan fingerprint density at radius 2 is 2.27 bits per heavy atom. The molecule has 1 saturated heterocycles. The highest BCUT2D eigenvalue weighted by Gasteiger charge is 2.32. The molecule has 1 aliphatic rings. The van der Waals surface area contributed by atoms with E-state index in [1.807, 2.05) is 12.1 Å². The summed E-state index contributed by atoms with van der Waals surface area (Å²) in [6.07, 6.45) is 0.317. The van der Waals surface area contributed by atoms with Crippen LogP contribution in [0.5, 0.6) is 0 Å². The molecule has 2 atom stereocenters. The quantitative estimate of drug-likeness (QED) is 0.716. The summed E-state index contributed by atoms with van der Waals surface area (Å²) < 4.78 is 21.4. The van der Waals surface area contributed by atoms with E-state index in [4.69, 9.17) is 31.9 Å². The van der Waals surface area contributed by atoms with Gasteiger partial charge in [-0.15, -0.1) is 0 Å². The lowest BCUT2D eigenvalue weighted by atomic mass is 10.1. The third-order valence-electron chi connectivity index (χ3n) is 2.10. The fraction of sp³-hybridized carbons (Fsp3) is 0.333. The molecule has 0 bridgehead atoms. The predicted molar refractivity (Wildman–Crippen MR) is 59.3 cm³/mol. The van der Waals surface area contributed by atoms with Gasteiger partial charge in [0.05, 0.1) is 12.7 Å². The van der Waals surface area contributed by atoms with Crippen molar-refractivity contribution in [1.82, 2.24) is 0 Å². The highest BCUT2D eigenvalue weighted by molar-refractivity contribution is 7.81. The molecule has 82 valence electrons. The van der Waals surface area contributed by atoms with E-state index in [1.54, 1.807) is 12.1 Å². The Kier molecular flexibility index (Phi) is 3.39. The summed E-state index contributed by atoms with van der Waals surface area (Å²) in [7, 11) is 0. The first kappa shape index (κ1) is 11.4. The Morgan fingerprint density at radius 3 is 2.93 bits per heavy atom. The zero-order valence-electron chi connectivity index (χ0n) is 7.73. The topological polar surface area (TPSA) is 35.5 Å². The lowest BCUT2D eigenvalue weighted by molar-refractivity contribution is 0.0913. The van der Waals surface area contributed by atoms with Crippen LogP contribution in [0.15, 0.2) is 24.3 Å². The van der Waals surface area contributed by atoms with E-state index in [1.165, 1.54) is 0 Å². The Morgan fingerprint density at radius 1 is 1.47 bits per heavy atom. The van der Waals surface area contributed by atoms with Crippen LogP contribution in [0.1, 0.15) is 18.1 Å². The monoisotopic (exact) mass is 266 g/mol. The summed E-state index contributed by atoms with van der Waals surface area (Å²) >= 11 is 11.4. The van der Waals surface area contributed by atoms with Gasteiger partial charge in [-0.05, 0) is 17.7 Å². The molecule has 0 radical (unpaired) electrons.